The molecular weight excluding hydrogens is 296 g/mol. The van der Waals surface area contributed by atoms with Crippen LogP contribution in [-0.4, -0.2) is 33.9 Å². The minimum atomic E-state index is -0.557. The van der Waals surface area contributed by atoms with Gasteiger partial charge in [0, 0.05) is 19.6 Å². The summed E-state index contributed by atoms with van der Waals surface area (Å²) in [5.74, 6) is 0.660. The fourth-order valence-corrected chi connectivity index (χ4v) is 2.51. The van der Waals surface area contributed by atoms with Crippen LogP contribution in [0.15, 0.2) is 9.59 Å². The van der Waals surface area contributed by atoms with Gasteiger partial charge >= 0.3 is 5.69 Å². The first-order valence-electron chi connectivity index (χ1n) is 8.22. The van der Waals surface area contributed by atoms with Crippen molar-refractivity contribution >= 4 is 11.5 Å². The zero-order valence-electron chi connectivity index (χ0n) is 14.8. The van der Waals surface area contributed by atoms with E-state index in [-0.39, 0.29) is 23.3 Å². The van der Waals surface area contributed by atoms with E-state index in [1.807, 2.05) is 34.6 Å². The molecule has 132 valence electrons. The van der Waals surface area contributed by atoms with Crippen molar-refractivity contribution in [3.63, 3.8) is 0 Å². The van der Waals surface area contributed by atoms with Gasteiger partial charge in [-0.05, 0) is 18.3 Å². The van der Waals surface area contributed by atoms with Crippen molar-refractivity contribution in [3.8, 4) is 0 Å². The number of aromatic nitrogens is 2. The highest BCUT2D eigenvalue weighted by Gasteiger charge is 2.21. The van der Waals surface area contributed by atoms with Gasteiger partial charge in [0.25, 0.3) is 5.56 Å². The molecule has 1 heterocycles. The second-order valence-corrected chi connectivity index (χ2v) is 6.86. The van der Waals surface area contributed by atoms with E-state index < -0.39 is 17.4 Å². The number of nitrogens with zero attached hydrogens (tertiary/aromatic N) is 2. The average molecular weight is 326 g/mol. The minimum Gasteiger partial charge on any atom is -0.391 e. The summed E-state index contributed by atoms with van der Waals surface area (Å²) in [6, 6.07) is 0. The van der Waals surface area contributed by atoms with Crippen LogP contribution in [0.5, 0.6) is 0 Å². The number of nitrogens with two attached hydrogens (primary N) is 1. The first-order chi connectivity index (χ1) is 10.7. The number of nitrogens with one attached hydrogen (secondary N) is 1. The predicted octanol–water partition coefficient (Wildman–Crippen LogP) is 1.01. The number of anilines is 2. The maximum atomic E-state index is 12.3. The fourth-order valence-electron chi connectivity index (χ4n) is 2.51. The zero-order valence-corrected chi connectivity index (χ0v) is 14.8. The highest BCUT2D eigenvalue weighted by molar-refractivity contribution is 5.62. The quantitative estimate of drug-likeness (QED) is 0.661. The molecule has 4 N–H and O–H groups in total. The van der Waals surface area contributed by atoms with E-state index in [0.29, 0.717) is 26.1 Å². The number of aliphatic hydroxyl groups excluding tert-OH is 1. The molecule has 1 rings (SSSR count). The molecule has 1 aromatic rings. The Morgan fingerprint density at radius 3 is 2.26 bits per heavy atom. The number of hydrogen-bond acceptors (Lipinski definition) is 5. The van der Waals surface area contributed by atoms with Crippen LogP contribution in [0.25, 0.3) is 0 Å². The summed E-state index contributed by atoms with van der Waals surface area (Å²) < 4.78 is 1.40. The molecule has 0 radical (unpaired) electrons. The summed E-state index contributed by atoms with van der Waals surface area (Å²) in [6.45, 7) is 11.2. The van der Waals surface area contributed by atoms with Gasteiger partial charge in [-0.25, -0.2) is 4.79 Å². The molecule has 0 aliphatic rings. The number of aromatic amines is 1. The molecule has 7 nitrogen and oxygen atoms in total. The van der Waals surface area contributed by atoms with Crippen LogP contribution in [-0.2, 0) is 6.54 Å². The Kier molecular flexibility index (Phi) is 6.87. The topological polar surface area (TPSA) is 104 Å². The van der Waals surface area contributed by atoms with Gasteiger partial charge in [-0.3, -0.25) is 14.3 Å². The summed E-state index contributed by atoms with van der Waals surface area (Å²) in [7, 11) is 0. The maximum Gasteiger partial charge on any atom is 0.330 e. The minimum absolute atomic E-state index is 0.163. The lowest BCUT2D eigenvalue weighted by molar-refractivity contribution is 0.174. The SMILES string of the molecule is CCC(O)CN(CC(C)C)c1c(N)n(CC(C)C)c(=O)[nH]c1=O. The molecule has 0 amide bonds. The third kappa shape index (κ3) is 5.13. The Morgan fingerprint density at radius 2 is 1.78 bits per heavy atom. The Hall–Kier alpha value is -1.76. The van der Waals surface area contributed by atoms with E-state index in [0.717, 1.165) is 0 Å². The standard InChI is InChI=1S/C16H30N4O3/c1-6-12(21)9-19(7-10(2)3)13-14(17)20(8-11(4)5)16(23)18-15(13)22/h10-12,21H,6-9,17H2,1-5H3,(H,18,22,23). The first-order valence-corrected chi connectivity index (χ1v) is 8.22. The summed E-state index contributed by atoms with van der Waals surface area (Å²) in [6.07, 6.45) is 0.0240. The van der Waals surface area contributed by atoms with Gasteiger partial charge in [-0.2, -0.15) is 0 Å². The number of H-pyrrole nitrogens is 1. The monoisotopic (exact) mass is 326 g/mol. The molecule has 1 unspecified atom stereocenters. The van der Waals surface area contributed by atoms with Crippen LogP contribution in [0.1, 0.15) is 41.0 Å². The lowest BCUT2D eigenvalue weighted by Crippen LogP contribution is -2.43. The van der Waals surface area contributed by atoms with Crippen molar-refractivity contribution in [3.05, 3.63) is 20.8 Å². The molecule has 0 fully saturated rings. The van der Waals surface area contributed by atoms with E-state index in [1.54, 1.807) is 4.90 Å². The van der Waals surface area contributed by atoms with Crippen LogP contribution in [0.4, 0.5) is 11.5 Å². The van der Waals surface area contributed by atoms with Gasteiger partial charge in [0.15, 0.2) is 0 Å². The summed E-state index contributed by atoms with van der Waals surface area (Å²) >= 11 is 0. The lowest BCUT2D eigenvalue weighted by atomic mass is 10.1. The molecule has 0 aromatic carbocycles. The van der Waals surface area contributed by atoms with Crippen LogP contribution in [0.2, 0.25) is 0 Å². The van der Waals surface area contributed by atoms with E-state index in [2.05, 4.69) is 4.98 Å². The van der Waals surface area contributed by atoms with Crippen LogP contribution in [0.3, 0.4) is 0 Å². The Labute approximate surface area is 137 Å². The van der Waals surface area contributed by atoms with Crippen molar-refractivity contribution in [1.29, 1.82) is 0 Å². The van der Waals surface area contributed by atoms with Gasteiger partial charge in [0.05, 0.1) is 6.10 Å². The van der Waals surface area contributed by atoms with Crippen molar-refractivity contribution in [1.82, 2.24) is 9.55 Å². The summed E-state index contributed by atoms with van der Waals surface area (Å²) in [5.41, 5.74) is 5.42. The van der Waals surface area contributed by atoms with Crippen molar-refractivity contribution < 1.29 is 5.11 Å². The molecule has 0 saturated carbocycles. The third-order valence-electron chi connectivity index (χ3n) is 3.57. The van der Waals surface area contributed by atoms with Crippen molar-refractivity contribution in [2.24, 2.45) is 11.8 Å². The molecule has 0 spiro atoms. The third-order valence-corrected chi connectivity index (χ3v) is 3.57. The van der Waals surface area contributed by atoms with Crippen molar-refractivity contribution in [2.75, 3.05) is 23.7 Å². The second-order valence-electron chi connectivity index (χ2n) is 6.86. The number of aliphatic hydroxyl groups is 1. The van der Waals surface area contributed by atoms with Gasteiger partial charge in [0.1, 0.15) is 11.5 Å². The summed E-state index contributed by atoms with van der Waals surface area (Å²) in [5, 5.41) is 9.99. The zero-order chi connectivity index (χ0) is 17.7. The van der Waals surface area contributed by atoms with Crippen LogP contribution >= 0.6 is 0 Å². The van der Waals surface area contributed by atoms with Gasteiger partial charge in [0.2, 0.25) is 0 Å². The molecule has 0 saturated heterocycles. The fraction of sp³-hybridized carbons (Fsp3) is 0.750. The molecule has 0 bridgehead atoms. The highest BCUT2D eigenvalue weighted by Crippen LogP contribution is 2.19. The summed E-state index contributed by atoms with van der Waals surface area (Å²) in [4.78, 5) is 28.5. The Bertz CT molecular complexity index is 619. The normalized spacial score (nSPS) is 12.9. The Balaban J connectivity index is 3.39. The Morgan fingerprint density at radius 1 is 1.17 bits per heavy atom. The van der Waals surface area contributed by atoms with Crippen molar-refractivity contribution in [2.45, 2.75) is 53.7 Å². The first kappa shape index (κ1) is 19.3. The molecular formula is C16H30N4O3. The molecule has 7 heteroatoms. The number of rotatable bonds is 8. The largest absolute Gasteiger partial charge is 0.391 e. The molecule has 1 atom stereocenters. The van der Waals surface area contributed by atoms with Gasteiger partial charge in [-0.1, -0.05) is 34.6 Å². The average Bonchev–Trinajstić information content (AvgIpc) is 2.42. The van der Waals surface area contributed by atoms with Gasteiger partial charge < -0.3 is 15.7 Å². The van der Waals surface area contributed by atoms with Crippen LogP contribution < -0.4 is 21.9 Å². The lowest BCUT2D eigenvalue weighted by Gasteiger charge is -2.29. The molecule has 0 aliphatic carbocycles. The van der Waals surface area contributed by atoms with Crippen LogP contribution in [0, 0.1) is 11.8 Å². The van der Waals surface area contributed by atoms with E-state index in [9.17, 15) is 14.7 Å². The van der Waals surface area contributed by atoms with E-state index >= 15 is 0 Å². The molecule has 23 heavy (non-hydrogen) atoms. The number of hydrogen-bond donors (Lipinski definition) is 3. The molecule has 1 aromatic heterocycles. The van der Waals surface area contributed by atoms with E-state index in [4.69, 9.17) is 5.73 Å². The second kappa shape index (κ2) is 8.19. The number of nitrogen functional groups attached to an aromatic ring is 1. The maximum absolute atomic E-state index is 12.3. The predicted molar refractivity (Wildman–Crippen MR) is 93.9 cm³/mol. The smallest absolute Gasteiger partial charge is 0.330 e. The molecule has 0 aliphatic heterocycles. The highest BCUT2D eigenvalue weighted by atomic mass is 16.3. The van der Waals surface area contributed by atoms with E-state index in [1.165, 1.54) is 4.57 Å². The van der Waals surface area contributed by atoms with Gasteiger partial charge in [-0.15, -0.1) is 0 Å².